The van der Waals surface area contributed by atoms with Gasteiger partial charge in [-0.1, -0.05) is 43.2 Å². The monoisotopic (exact) mass is 627 g/mol. The summed E-state index contributed by atoms with van der Waals surface area (Å²) >= 11 is 1.48. The average Bonchev–Trinajstić information content (AvgIpc) is 3.52. The van der Waals surface area contributed by atoms with E-state index >= 15 is 0 Å². The molecule has 0 heterocycles. The zero-order chi connectivity index (χ0) is 31.0. The first-order chi connectivity index (χ1) is 20.6. The Morgan fingerprint density at radius 1 is 1.02 bits per heavy atom. The molecular formula is C32H38FN3O5S2. The molecule has 0 aliphatic heterocycles. The second kappa shape index (κ2) is 14.7. The van der Waals surface area contributed by atoms with Crippen LogP contribution in [0.2, 0.25) is 0 Å². The maximum Gasteiger partial charge on any atom is 0.264 e. The Balaban J connectivity index is 1.73. The summed E-state index contributed by atoms with van der Waals surface area (Å²) < 4.78 is 49.8. The number of para-hydroxylation sites is 2. The zero-order valence-electron chi connectivity index (χ0n) is 24.7. The van der Waals surface area contributed by atoms with Gasteiger partial charge in [0.05, 0.1) is 17.2 Å². The summed E-state index contributed by atoms with van der Waals surface area (Å²) in [4.78, 5) is 29.6. The van der Waals surface area contributed by atoms with Crippen LogP contribution in [0.1, 0.15) is 45.1 Å². The smallest absolute Gasteiger partial charge is 0.264 e. The highest BCUT2D eigenvalue weighted by atomic mass is 32.2. The van der Waals surface area contributed by atoms with Crippen LogP contribution in [0.4, 0.5) is 10.1 Å². The molecule has 230 valence electrons. The minimum atomic E-state index is -4.27. The van der Waals surface area contributed by atoms with Gasteiger partial charge in [0.15, 0.2) is 0 Å². The maximum atomic E-state index is 14.8. The highest BCUT2D eigenvalue weighted by Crippen LogP contribution is 2.33. The third kappa shape index (κ3) is 7.88. The van der Waals surface area contributed by atoms with Gasteiger partial charge in [-0.15, -0.1) is 11.8 Å². The minimum absolute atomic E-state index is 0.00270. The fraction of sp³-hybridized carbons (Fsp3) is 0.375. The number of halogens is 1. The number of carbonyl (C=O) groups excluding carboxylic acids is 2. The van der Waals surface area contributed by atoms with Crippen molar-refractivity contribution in [3.05, 3.63) is 84.2 Å². The third-order valence-electron chi connectivity index (χ3n) is 7.53. The van der Waals surface area contributed by atoms with Crippen molar-refractivity contribution >= 4 is 39.3 Å². The minimum Gasteiger partial charge on any atom is -0.492 e. The Bertz CT molecular complexity index is 1510. The summed E-state index contributed by atoms with van der Waals surface area (Å²) in [6, 6.07) is 18.0. The van der Waals surface area contributed by atoms with Gasteiger partial charge in [-0.25, -0.2) is 12.8 Å². The van der Waals surface area contributed by atoms with Gasteiger partial charge in [0.25, 0.3) is 10.0 Å². The Morgan fingerprint density at radius 2 is 1.67 bits per heavy atom. The van der Waals surface area contributed by atoms with Crippen LogP contribution in [0.15, 0.2) is 82.6 Å². The highest BCUT2D eigenvalue weighted by molar-refractivity contribution is 7.98. The van der Waals surface area contributed by atoms with Gasteiger partial charge in [0.1, 0.15) is 24.2 Å². The molecule has 0 spiro atoms. The van der Waals surface area contributed by atoms with Crippen molar-refractivity contribution in [3.63, 3.8) is 0 Å². The molecule has 2 amide bonds. The van der Waals surface area contributed by atoms with E-state index in [1.165, 1.54) is 34.9 Å². The lowest BCUT2D eigenvalue weighted by molar-refractivity contribution is -0.139. The van der Waals surface area contributed by atoms with Crippen molar-refractivity contribution in [2.45, 2.75) is 68.0 Å². The zero-order valence-corrected chi connectivity index (χ0v) is 26.3. The third-order valence-corrected chi connectivity index (χ3v) is 10.0. The quantitative estimate of drug-likeness (QED) is 0.247. The first-order valence-corrected chi connectivity index (χ1v) is 17.0. The second-order valence-corrected chi connectivity index (χ2v) is 13.1. The maximum absolute atomic E-state index is 14.8. The van der Waals surface area contributed by atoms with Gasteiger partial charge in [-0.05, 0) is 75.4 Å². The molecule has 43 heavy (non-hydrogen) atoms. The van der Waals surface area contributed by atoms with E-state index in [9.17, 15) is 22.4 Å². The molecule has 1 fully saturated rings. The topological polar surface area (TPSA) is 96.0 Å². The molecule has 0 radical (unpaired) electrons. The molecule has 4 rings (SSSR count). The molecule has 1 atom stereocenters. The average molecular weight is 628 g/mol. The lowest BCUT2D eigenvalue weighted by atomic mass is 10.1. The second-order valence-electron chi connectivity index (χ2n) is 10.4. The number of nitrogens with one attached hydrogen (secondary N) is 1. The van der Waals surface area contributed by atoms with Crippen LogP contribution in [0, 0.1) is 5.82 Å². The number of thioether (sulfide) groups is 1. The van der Waals surface area contributed by atoms with Crippen molar-refractivity contribution in [1.29, 1.82) is 0 Å². The number of hydrogen-bond acceptors (Lipinski definition) is 6. The summed E-state index contributed by atoms with van der Waals surface area (Å²) in [6.45, 7) is 2.79. The van der Waals surface area contributed by atoms with Crippen LogP contribution in [-0.4, -0.2) is 56.6 Å². The van der Waals surface area contributed by atoms with Crippen LogP contribution in [0.3, 0.4) is 0 Å². The van der Waals surface area contributed by atoms with Crippen LogP contribution >= 0.6 is 11.8 Å². The van der Waals surface area contributed by atoms with Crippen molar-refractivity contribution in [1.82, 2.24) is 10.2 Å². The van der Waals surface area contributed by atoms with Crippen molar-refractivity contribution in [2.75, 3.05) is 23.7 Å². The first-order valence-electron chi connectivity index (χ1n) is 14.4. The summed E-state index contributed by atoms with van der Waals surface area (Å²) in [7, 11) is -4.27. The Kier molecular flexibility index (Phi) is 11.1. The van der Waals surface area contributed by atoms with Crippen molar-refractivity contribution < 1.29 is 27.1 Å². The van der Waals surface area contributed by atoms with E-state index in [-0.39, 0.29) is 47.0 Å². The van der Waals surface area contributed by atoms with Crippen LogP contribution in [-0.2, 0) is 26.2 Å². The highest BCUT2D eigenvalue weighted by Gasteiger charge is 2.34. The largest absolute Gasteiger partial charge is 0.492 e. The number of benzene rings is 3. The van der Waals surface area contributed by atoms with E-state index in [2.05, 4.69) is 5.32 Å². The molecule has 0 saturated heterocycles. The molecule has 3 aromatic carbocycles. The fourth-order valence-corrected chi connectivity index (χ4v) is 6.95. The van der Waals surface area contributed by atoms with Gasteiger partial charge in [0.2, 0.25) is 11.8 Å². The van der Waals surface area contributed by atoms with Gasteiger partial charge in [-0.2, -0.15) is 0 Å². The van der Waals surface area contributed by atoms with Crippen molar-refractivity contribution in [3.8, 4) is 5.75 Å². The van der Waals surface area contributed by atoms with Gasteiger partial charge < -0.3 is 15.0 Å². The normalized spacial score (nSPS) is 14.2. The number of rotatable bonds is 13. The van der Waals surface area contributed by atoms with E-state index in [0.29, 0.717) is 0 Å². The molecule has 3 aromatic rings. The van der Waals surface area contributed by atoms with Crippen LogP contribution < -0.4 is 14.4 Å². The predicted octanol–water partition coefficient (Wildman–Crippen LogP) is 5.62. The fourth-order valence-electron chi connectivity index (χ4n) is 5.11. The van der Waals surface area contributed by atoms with Gasteiger partial charge in [-0.3, -0.25) is 13.9 Å². The van der Waals surface area contributed by atoms with E-state index in [1.54, 1.807) is 68.4 Å². The molecule has 0 aromatic heterocycles. The summed E-state index contributed by atoms with van der Waals surface area (Å²) in [6.07, 6.45) is 5.63. The number of amides is 2. The number of carbonyl (C=O) groups is 2. The first kappa shape index (κ1) is 32.3. The number of sulfonamides is 1. The van der Waals surface area contributed by atoms with Crippen molar-refractivity contribution in [2.24, 2.45) is 0 Å². The summed E-state index contributed by atoms with van der Waals surface area (Å²) in [5, 5.41) is 3.01. The van der Waals surface area contributed by atoms with E-state index < -0.39 is 34.3 Å². The number of ether oxygens (including phenoxy) is 1. The molecule has 1 saturated carbocycles. The summed E-state index contributed by atoms with van der Waals surface area (Å²) in [5.41, 5.74) is 0.397. The van der Waals surface area contributed by atoms with Gasteiger partial charge in [0, 0.05) is 23.0 Å². The molecule has 0 bridgehead atoms. The van der Waals surface area contributed by atoms with E-state index in [4.69, 9.17) is 4.74 Å². The molecule has 0 unspecified atom stereocenters. The molecule has 11 heteroatoms. The SMILES string of the molecule is CCOc1ccccc1N(CC(=O)N(Cc1ccccc1F)[C@@H](C)C(=O)NC1CCCC1)S(=O)(=O)c1ccc(SC)cc1. The number of hydrogen-bond donors (Lipinski definition) is 1. The van der Waals surface area contributed by atoms with Crippen LogP contribution in [0.25, 0.3) is 0 Å². The lowest BCUT2D eigenvalue weighted by Crippen LogP contribution is -2.52. The Hall–Kier alpha value is -3.57. The molecule has 1 N–H and O–H groups in total. The summed E-state index contributed by atoms with van der Waals surface area (Å²) in [5.74, 6) is -1.26. The number of nitrogens with zero attached hydrogens (tertiary/aromatic N) is 2. The molecule has 8 nitrogen and oxygen atoms in total. The van der Waals surface area contributed by atoms with Crippen LogP contribution in [0.5, 0.6) is 5.75 Å². The predicted molar refractivity (Wildman–Crippen MR) is 167 cm³/mol. The van der Waals surface area contributed by atoms with E-state index in [0.717, 1.165) is 34.9 Å². The standard InChI is InChI=1S/C32H38FN3O5S2/c1-4-41-30-16-10-9-15-29(30)36(43(39,40)27-19-17-26(42-3)18-20-27)22-31(37)35(21-24-11-5-8-14-28(24)33)23(2)32(38)34-25-12-6-7-13-25/h5,8-11,14-20,23,25H,4,6-7,12-13,21-22H2,1-3H3,(H,34,38)/t23-/m0/s1. The molecular weight excluding hydrogens is 590 g/mol. The molecule has 1 aliphatic carbocycles. The molecule has 1 aliphatic rings. The Morgan fingerprint density at radius 3 is 2.33 bits per heavy atom. The lowest BCUT2D eigenvalue weighted by Gasteiger charge is -2.33. The van der Waals surface area contributed by atoms with E-state index in [1.807, 2.05) is 6.26 Å². The van der Waals surface area contributed by atoms with Gasteiger partial charge >= 0.3 is 0 Å². The Labute approximate surface area is 257 Å². The number of anilines is 1.